The van der Waals surface area contributed by atoms with Gasteiger partial charge in [0.25, 0.3) is 0 Å². The third-order valence-electron chi connectivity index (χ3n) is 4.80. The summed E-state index contributed by atoms with van der Waals surface area (Å²) >= 11 is 0. The first-order valence-corrected chi connectivity index (χ1v) is 8.76. The van der Waals surface area contributed by atoms with Crippen LogP contribution in [0.4, 0.5) is 5.82 Å². The largest absolute Gasteiger partial charge is 0.365 e. The molecule has 4 rings (SSSR count). The minimum absolute atomic E-state index is 0.0530. The summed E-state index contributed by atoms with van der Waals surface area (Å²) in [6, 6.07) is 16.0. The van der Waals surface area contributed by atoms with Gasteiger partial charge < -0.3 is 5.32 Å². The number of aromatic nitrogens is 4. The van der Waals surface area contributed by atoms with Gasteiger partial charge in [0.2, 0.25) is 0 Å². The summed E-state index contributed by atoms with van der Waals surface area (Å²) in [5.41, 5.74) is 5.54. The van der Waals surface area contributed by atoms with E-state index in [1.165, 1.54) is 0 Å². The molecule has 6 nitrogen and oxygen atoms in total. The second-order valence-electron chi connectivity index (χ2n) is 6.43. The molecule has 0 fully saturated rings. The van der Waals surface area contributed by atoms with Crippen molar-refractivity contribution in [3.05, 3.63) is 71.7 Å². The number of rotatable bonds is 5. The number of fused-ring (bicyclic) bond motifs is 1. The van der Waals surface area contributed by atoms with Crippen LogP contribution in [0.2, 0.25) is 0 Å². The topological polar surface area (TPSA) is 67.6 Å². The molecular weight excluding hydrogens is 338 g/mol. The number of benzene rings is 2. The Bertz CT molecular complexity index is 1180. The van der Waals surface area contributed by atoms with Gasteiger partial charge in [0.15, 0.2) is 5.82 Å². The first-order chi connectivity index (χ1) is 13.1. The van der Waals surface area contributed by atoms with E-state index < -0.39 is 0 Å². The highest BCUT2D eigenvalue weighted by Gasteiger charge is 2.21. The molecule has 2 aromatic carbocycles. The number of anilines is 1. The summed E-state index contributed by atoms with van der Waals surface area (Å²) in [6.07, 6.45) is 1.79. The number of hydrogen-bond acceptors (Lipinski definition) is 3. The average Bonchev–Trinajstić information content (AvgIpc) is 3.22. The molecule has 0 saturated heterocycles. The maximum Gasteiger partial charge on any atom is 0.328 e. The molecule has 0 aliphatic heterocycles. The lowest BCUT2D eigenvalue weighted by molar-refractivity contribution is 0.795. The fourth-order valence-corrected chi connectivity index (χ4v) is 3.49. The molecule has 0 aliphatic rings. The molecule has 0 spiro atoms. The molecule has 0 bridgehead atoms. The molecule has 6 heteroatoms. The van der Waals surface area contributed by atoms with Gasteiger partial charge in [-0.2, -0.15) is 5.10 Å². The highest BCUT2D eigenvalue weighted by molar-refractivity contribution is 6.00. The van der Waals surface area contributed by atoms with Crippen molar-refractivity contribution >= 4 is 16.9 Å². The van der Waals surface area contributed by atoms with Crippen molar-refractivity contribution in [2.24, 2.45) is 14.1 Å². The van der Waals surface area contributed by atoms with Crippen LogP contribution in [-0.4, -0.2) is 25.9 Å². The summed E-state index contributed by atoms with van der Waals surface area (Å²) in [4.78, 5) is 12.5. The van der Waals surface area contributed by atoms with Gasteiger partial charge in [0.05, 0.1) is 22.3 Å². The van der Waals surface area contributed by atoms with Gasteiger partial charge in [-0.25, -0.2) is 4.79 Å². The molecule has 2 aromatic heterocycles. The Morgan fingerprint density at radius 1 is 1.11 bits per heavy atom. The number of nitrogens with one attached hydrogen (secondary N) is 2. The predicted molar refractivity (Wildman–Crippen MR) is 110 cm³/mol. The van der Waals surface area contributed by atoms with E-state index in [9.17, 15) is 4.79 Å². The van der Waals surface area contributed by atoms with Gasteiger partial charge >= 0.3 is 5.69 Å². The lowest BCUT2D eigenvalue weighted by Crippen LogP contribution is -2.19. The van der Waals surface area contributed by atoms with E-state index in [0.717, 1.165) is 39.2 Å². The van der Waals surface area contributed by atoms with E-state index in [4.69, 9.17) is 0 Å². The van der Waals surface area contributed by atoms with Gasteiger partial charge in [-0.1, -0.05) is 48.5 Å². The Labute approximate surface area is 156 Å². The van der Waals surface area contributed by atoms with Crippen molar-refractivity contribution in [1.82, 2.24) is 19.3 Å². The number of H-pyrrole nitrogens is 1. The standard InChI is InChI=1S/C21H21N5O/c1-4-13-22-20-17(18(23-24-20)14-9-6-5-7-10-14)15-11-8-12-16-19(15)26(3)21(27)25(16)2/h4-12H,1,13H2,2-3H3,(H2,22,23,24). The van der Waals surface area contributed by atoms with Crippen LogP contribution in [0, 0.1) is 0 Å². The number of aryl methyl sites for hydroxylation is 2. The zero-order valence-corrected chi connectivity index (χ0v) is 15.4. The third-order valence-corrected chi connectivity index (χ3v) is 4.80. The monoisotopic (exact) mass is 359 g/mol. The van der Waals surface area contributed by atoms with E-state index in [1.54, 1.807) is 29.3 Å². The number of nitrogens with zero attached hydrogens (tertiary/aromatic N) is 3. The van der Waals surface area contributed by atoms with E-state index in [2.05, 4.69) is 22.1 Å². The Balaban J connectivity index is 2.05. The van der Waals surface area contributed by atoms with Crippen molar-refractivity contribution in [3.8, 4) is 22.4 Å². The zero-order valence-electron chi connectivity index (χ0n) is 15.4. The van der Waals surface area contributed by atoms with Crippen LogP contribution in [0.5, 0.6) is 0 Å². The minimum atomic E-state index is -0.0530. The smallest absolute Gasteiger partial charge is 0.328 e. The first-order valence-electron chi connectivity index (χ1n) is 8.76. The van der Waals surface area contributed by atoms with Crippen molar-refractivity contribution in [2.45, 2.75) is 0 Å². The van der Waals surface area contributed by atoms with E-state index in [0.29, 0.717) is 6.54 Å². The van der Waals surface area contributed by atoms with Crippen LogP contribution in [0.15, 0.2) is 66.0 Å². The zero-order chi connectivity index (χ0) is 19.0. The highest BCUT2D eigenvalue weighted by atomic mass is 16.1. The van der Waals surface area contributed by atoms with Crippen LogP contribution in [0.25, 0.3) is 33.4 Å². The number of imidazole rings is 1. The second-order valence-corrected chi connectivity index (χ2v) is 6.43. The van der Waals surface area contributed by atoms with Gasteiger partial charge in [-0.3, -0.25) is 14.2 Å². The maximum absolute atomic E-state index is 12.5. The Hall–Kier alpha value is -3.54. The molecule has 136 valence electrons. The highest BCUT2D eigenvalue weighted by Crippen LogP contribution is 2.39. The molecule has 0 atom stereocenters. The predicted octanol–water partition coefficient (Wildman–Crippen LogP) is 3.53. The van der Waals surface area contributed by atoms with Crippen LogP contribution in [0.1, 0.15) is 0 Å². The fourth-order valence-electron chi connectivity index (χ4n) is 3.49. The Morgan fingerprint density at radius 3 is 2.63 bits per heavy atom. The second kappa shape index (κ2) is 6.64. The van der Waals surface area contributed by atoms with Gasteiger partial charge in [-0.05, 0) is 6.07 Å². The third kappa shape index (κ3) is 2.66. The van der Waals surface area contributed by atoms with Crippen LogP contribution in [0.3, 0.4) is 0 Å². The van der Waals surface area contributed by atoms with Crippen molar-refractivity contribution < 1.29 is 0 Å². The minimum Gasteiger partial charge on any atom is -0.365 e. The lowest BCUT2D eigenvalue weighted by atomic mass is 9.99. The van der Waals surface area contributed by atoms with Crippen LogP contribution >= 0.6 is 0 Å². The molecule has 2 heterocycles. The summed E-state index contributed by atoms with van der Waals surface area (Å²) in [7, 11) is 3.59. The fraction of sp³-hybridized carbons (Fsp3) is 0.143. The SMILES string of the molecule is C=CCNc1n[nH]c(-c2ccccc2)c1-c1cccc2c1n(C)c(=O)n2C. The lowest BCUT2D eigenvalue weighted by Gasteiger charge is -2.10. The van der Waals surface area contributed by atoms with E-state index >= 15 is 0 Å². The summed E-state index contributed by atoms with van der Waals surface area (Å²) < 4.78 is 3.35. The number of hydrogen-bond donors (Lipinski definition) is 2. The molecule has 0 unspecified atom stereocenters. The number of para-hydroxylation sites is 1. The van der Waals surface area contributed by atoms with Crippen molar-refractivity contribution in [3.63, 3.8) is 0 Å². The van der Waals surface area contributed by atoms with E-state index in [-0.39, 0.29) is 5.69 Å². The molecule has 0 amide bonds. The first kappa shape index (κ1) is 16.9. The Morgan fingerprint density at radius 2 is 1.89 bits per heavy atom. The molecular formula is C21H21N5O. The van der Waals surface area contributed by atoms with E-state index in [1.807, 2.05) is 48.5 Å². The molecule has 0 aliphatic carbocycles. The van der Waals surface area contributed by atoms with Crippen LogP contribution in [-0.2, 0) is 14.1 Å². The molecule has 2 N–H and O–H groups in total. The summed E-state index contributed by atoms with van der Waals surface area (Å²) in [5, 5.41) is 11.0. The van der Waals surface area contributed by atoms with Gasteiger partial charge in [0.1, 0.15) is 0 Å². The summed E-state index contributed by atoms with van der Waals surface area (Å²) in [5.74, 6) is 0.734. The van der Waals surface area contributed by atoms with Crippen molar-refractivity contribution in [1.29, 1.82) is 0 Å². The van der Waals surface area contributed by atoms with Crippen molar-refractivity contribution in [2.75, 3.05) is 11.9 Å². The van der Waals surface area contributed by atoms with Gasteiger partial charge in [0, 0.05) is 31.8 Å². The molecule has 4 aromatic rings. The molecule has 0 radical (unpaired) electrons. The summed E-state index contributed by atoms with van der Waals surface area (Å²) in [6.45, 7) is 4.37. The maximum atomic E-state index is 12.5. The van der Waals surface area contributed by atoms with Crippen LogP contribution < -0.4 is 11.0 Å². The quantitative estimate of drug-likeness (QED) is 0.536. The average molecular weight is 359 g/mol. The molecule has 0 saturated carbocycles. The van der Waals surface area contributed by atoms with Gasteiger partial charge in [-0.15, -0.1) is 6.58 Å². The molecule has 27 heavy (non-hydrogen) atoms. The Kier molecular flexibility index (Phi) is 4.16. The number of aromatic amines is 1. The normalized spacial score (nSPS) is 11.0.